The maximum absolute atomic E-state index is 13.5. The molecule has 0 saturated heterocycles. The third kappa shape index (κ3) is 3.10. The number of halogens is 1. The van der Waals surface area contributed by atoms with E-state index < -0.39 is 0 Å². The molecule has 0 aliphatic rings. The fourth-order valence-corrected chi connectivity index (χ4v) is 3.33. The van der Waals surface area contributed by atoms with Gasteiger partial charge in [-0.2, -0.15) is 0 Å². The summed E-state index contributed by atoms with van der Waals surface area (Å²) in [6.07, 6.45) is 3.43. The molecular weight excluding hydrogens is 345 g/mol. The quantitative estimate of drug-likeness (QED) is 0.606. The summed E-state index contributed by atoms with van der Waals surface area (Å²) in [5.41, 5.74) is 1.11. The Morgan fingerprint density at radius 2 is 1.89 bits per heavy atom. The van der Waals surface area contributed by atoms with E-state index in [1.54, 1.807) is 43.6 Å². The number of aromatic nitrogens is 2. The number of hydrogen-bond donors (Lipinski definition) is 1. The molecule has 0 bridgehead atoms. The van der Waals surface area contributed by atoms with Crippen LogP contribution in [-0.4, -0.2) is 21.6 Å². The van der Waals surface area contributed by atoms with Crippen molar-refractivity contribution < 1.29 is 9.18 Å². The van der Waals surface area contributed by atoms with E-state index in [9.17, 15) is 14.0 Å². The number of hydrogen-bond acceptors (Lipinski definition) is 2. The Labute approximate surface area is 154 Å². The second kappa shape index (κ2) is 6.72. The number of amides is 1. The SMILES string of the molecule is Cn1cc(C(=O)NCCn2ccc3ccc(F)cc32)c2ccccc2c1=O. The fraction of sp³-hybridized carbons (Fsp3) is 0.143. The van der Waals surface area contributed by atoms with Crippen LogP contribution >= 0.6 is 0 Å². The molecule has 0 atom stereocenters. The Morgan fingerprint density at radius 1 is 1.11 bits per heavy atom. The Bertz CT molecular complexity index is 1220. The molecule has 0 aliphatic heterocycles. The van der Waals surface area contributed by atoms with Gasteiger partial charge in [0.1, 0.15) is 5.82 Å². The van der Waals surface area contributed by atoms with E-state index in [4.69, 9.17) is 0 Å². The third-order valence-electron chi connectivity index (χ3n) is 4.71. The summed E-state index contributed by atoms with van der Waals surface area (Å²) in [6, 6.07) is 13.6. The Kier molecular flexibility index (Phi) is 4.24. The average Bonchev–Trinajstić information content (AvgIpc) is 3.07. The lowest BCUT2D eigenvalue weighted by molar-refractivity contribution is 0.0953. The van der Waals surface area contributed by atoms with Crippen LogP contribution in [0.4, 0.5) is 4.39 Å². The fourth-order valence-electron chi connectivity index (χ4n) is 3.33. The normalized spacial score (nSPS) is 11.2. The summed E-state index contributed by atoms with van der Waals surface area (Å²) in [5.74, 6) is -0.535. The minimum Gasteiger partial charge on any atom is -0.350 e. The number of carbonyl (C=O) groups is 1. The largest absolute Gasteiger partial charge is 0.350 e. The predicted octanol–water partition coefficient (Wildman–Crippen LogP) is 3.06. The van der Waals surface area contributed by atoms with Gasteiger partial charge in [-0.15, -0.1) is 0 Å². The molecule has 1 amide bonds. The molecule has 0 aliphatic carbocycles. The smallest absolute Gasteiger partial charge is 0.258 e. The second-order valence-corrected chi connectivity index (χ2v) is 6.47. The number of rotatable bonds is 4. The molecule has 0 saturated carbocycles. The molecule has 0 fully saturated rings. The van der Waals surface area contributed by atoms with Crippen molar-refractivity contribution in [2.45, 2.75) is 6.54 Å². The van der Waals surface area contributed by atoms with Gasteiger partial charge in [0.25, 0.3) is 11.5 Å². The summed E-state index contributed by atoms with van der Waals surface area (Å²) in [7, 11) is 1.63. The van der Waals surface area contributed by atoms with E-state index >= 15 is 0 Å². The van der Waals surface area contributed by atoms with Crippen LogP contribution in [0.15, 0.2) is 65.7 Å². The lowest BCUT2D eigenvalue weighted by Gasteiger charge is -2.11. The lowest BCUT2D eigenvalue weighted by Crippen LogP contribution is -2.29. The van der Waals surface area contributed by atoms with Gasteiger partial charge >= 0.3 is 0 Å². The van der Waals surface area contributed by atoms with E-state index in [0.29, 0.717) is 29.4 Å². The van der Waals surface area contributed by atoms with Gasteiger partial charge < -0.3 is 14.5 Å². The topological polar surface area (TPSA) is 56.0 Å². The highest BCUT2D eigenvalue weighted by Crippen LogP contribution is 2.17. The maximum Gasteiger partial charge on any atom is 0.258 e. The summed E-state index contributed by atoms with van der Waals surface area (Å²) < 4.78 is 16.8. The number of aryl methyl sites for hydroxylation is 1. The van der Waals surface area contributed by atoms with E-state index in [1.807, 2.05) is 16.8 Å². The molecule has 0 radical (unpaired) electrons. The van der Waals surface area contributed by atoms with Gasteiger partial charge in [0.15, 0.2) is 0 Å². The van der Waals surface area contributed by atoms with Crippen molar-refractivity contribution in [3.8, 4) is 0 Å². The number of carbonyl (C=O) groups excluding carboxylic acids is 1. The number of nitrogens with one attached hydrogen (secondary N) is 1. The van der Waals surface area contributed by atoms with Crippen molar-refractivity contribution in [2.75, 3.05) is 6.54 Å². The summed E-state index contributed by atoms with van der Waals surface area (Å²) in [4.78, 5) is 24.9. The van der Waals surface area contributed by atoms with Crippen molar-refractivity contribution in [3.05, 3.63) is 82.7 Å². The number of benzene rings is 2. The standard InChI is InChI=1S/C21H18FN3O2/c1-24-13-18(16-4-2-3-5-17(16)21(24)27)20(26)23-9-11-25-10-8-14-6-7-15(22)12-19(14)25/h2-8,10,12-13H,9,11H2,1H3,(H,23,26). The highest BCUT2D eigenvalue weighted by atomic mass is 19.1. The molecule has 1 N–H and O–H groups in total. The van der Waals surface area contributed by atoms with Crippen LogP contribution in [0.1, 0.15) is 10.4 Å². The van der Waals surface area contributed by atoms with Gasteiger partial charge in [0.2, 0.25) is 0 Å². The lowest BCUT2D eigenvalue weighted by atomic mass is 10.1. The van der Waals surface area contributed by atoms with E-state index in [1.165, 1.54) is 16.7 Å². The van der Waals surface area contributed by atoms with Crippen molar-refractivity contribution >= 4 is 27.6 Å². The maximum atomic E-state index is 13.5. The molecule has 2 aromatic carbocycles. The van der Waals surface area contributed by atoms with E-state index in [0.717, 1.165) is 10.9 Å². The summed E-state index contributed by atoms with van der Waals surface area (Å²) >= 11 is 0. The Morgan fingerprint density at radius 3 is 2.70 bits per heavy atom. The number of pyridine rings is 1. The van der Waals surface area contributed by atoms with Gasteiger partial charge in [-0.3, -0.25) is 9.59 Å². The summed E-state index contributed by atoms with van der Waals surface area (Å²) in [5, 5.41) is 4.98. The average molecular weight is 363 g/mol. The van der Waals surface area contributed by atoms with E-state index in [-0.39, 0.29) is 17.3 Å². The van der Waals surface area contributed by atoms with Crippen LogP contribution in [-0.2, 0) is 13.6 Å². The van der Waals surface area contributed by atoms with Gasteiger partial charge in [-0.1, -0.05) is 18.2 Å². The molecule has 4 rings (SSSR count). The molecule has 27 heavy (non-hydrogen) atoms. The van der Waals surface area contributed by atoms with Crippen molar-refractivity contribution in [3.63, 3.8) is 0 Å². The first-order valence-corrected chi connectivity index (χ1v) is 8.65. The number of fused-ring (bicyclic) bond motifs is 2. The minimum absolute atomic E-state index is 0.136. The summed E-state index contributed by atoms with van der Waals surface area (Å²) in [6.45, 7) is 0.901. The van der Waals surface area contributed by atoms with Gasteiger partial charge in [0.05, 0.1) is 11.1 Å². The van der Waals surface area contributed by atoms with Gasteiger partial charge in [-0.25, -0.2) is 4.39 Å². The Hall–Kier alpha value is -3.41. The van der Waals surface area contributed by atoms with Crippen LogP contribution in [0.5, 0.6) is 0 Å². The molecule has 2 aromatic heterocycles. The first kappa shape index (κ1) is 17.0. The number of nitrogens with zero attached hydrogens (tertiary/aromatic N) is 2. The third-order valence-corrected chi connectivity index (χ3v) is 4.71. The van der Waals surface area contributed by atoms with Gasteiger partial charge in [-0.05, 0) is 35.7 Å². The highest BCUT2D eigenvalue weighted by molar-refractivity contribution is 6.06. The monoisotopic (exact) mass is 363 g/mol. The zero-order chi connectivity index (χ0) is 19.0. The molecule has 136 valence electrons. The predicted molar refractivity (Wildman–Crippen MR) is 103 cm³/mol. The molecule has 4 aromatic rings. The van der Waals surface area contributed by atoms with Crippen molar-refractivity contribution in [2.24, 2.45) is 7.05 Å². The Balaban J connectivity index is 1.55. The van der Waals surface area contributed by atoms with Crippen LogP contribution in [0.2, 0.25) is 0 Å². The molecule has 6 heteroatoms. The first-order chi connectivity index (χ1) is 13.0. The van der Waals surface area contributed by atoms with Crippen LogP contribution in [0.25, 0.3) is 21.7 Å². The molecule has 0 spiro atoms. The van der Waals surface area contributed by atoms with Crippen LogP contribution < -0.4 is 10.9 Å². The van der Waals surface area contributed by atoms with Crippen molar-refractivity contribution in [1.29, 1.82) is 0 Å². The van der Waals surface area contributed by atoms with Gasteiger partial charge in [0, 0.05) is 43.3 Å². The molecule has 2 heterocycles. The molecule has 0 unspecified atom stereocenters. The van der Waals surface area contributed by atoms with E-state index in [2.05, 4.69) is 5.32 Å². The van der Waals surface area contributed by atoms with Crippen LogP contribution in [0, 0.1) is 5.82 Å². The zero-order valence-electron chi connectivity index (χ0n) is 14.8. The first-order valence-electron chi connectivity index (χ1n) is 8.65. The zero-order valence-corrected chi connectivity index (χ0v) is 14.8. The molecular formula is C21H18FN3O2. The molecule has 5 nitrogen and oxygen atoms in total. The minimum atomic E-state index is -0.289. The van der Waals surface area contributed by atoms with Crippen molar-refractivity contribution in [1.82, 2.24) is 14.5 Å². The highest BCUT2D eigenvalue weighted by Gasteiger charge is 2.13. The van der Waals surface area contributed by atoms with Crippen LogP contribution in [0.3, 0.4) is 0 Å². The second-order valence-electron chi connectivity index (χ2n) is 6.47.